The first kappa shape index (κ1) is 18.7. The van der Waals surface area contributed by atoms with E-state index in [1.54, 1.807) is 30.5 Å². The van der Waals surface area contributed by atoms with Crippen molar-refractivity contribution in [2.45, 2.75) is 26.2 Å². The van der Waals surface area contributed by atoms with Gasteiger partial charge in [-0.15, -0.1) is 0 Å². The van der Waals surface area contributed by atoms with E-state index < -0.39 is 5.97 Å². The maximum Gasteiger partial charge on any atom is 0.336 e. The monoisotopic (exact) mass is 387 g/mol. The molecule has 0 bridgehead atoms. The lowest BCUT2D eigenvalue weighted by atomic mass is 9.96. The number of aryl methyl sites for hydroxylation is 1. The highest BCUT2D eigenvalue weighted by Gasteiger charge is 2.16. The van der Waals surface area contributed by atoms with Crippen molar-refractivity contribution in [3.63, 3.8) is 0 Å². The van der Waals surface area contributed by atoms with Crippen LogP contribution in [0, 0.1) is 0 Å². The standard InChI is InChI=1S/C23H21N3O3/c1-2-5-20-19(22(27)26-21(25-20)12-13-24-26)14-15-8-10-16(11-9-15)17-6-3-4-7-18(17)23(28)29/h3-4,6-13,27H,2,5,14H2,1H3,(H,28,29). The summed E-state index contributed by atoms with van der Waals surface area (Å²) in [7, 11) is 0. The van der Waals surface area contributed by atoms with Crippen LogP contribution in [0.4, 0.5) is 0 Å². The van der Waals surface area contributed by atoms with Gasteiger partial charge in [0.15, 0.2) is 5.65 Å². The van der Waals surface area contributed by atoms with E-state index in [9.17, 15) is 15.0 Å². The van der Waals surface area contributed by atoms with Crippen molar-refractivity contribution in [3.05, 3.63) is 83.2 Å². The Morgan fingerprint density at radius 2 is 1.83 bits per heavy atom. The Morgan fingerprint density at radius 3 is 2.55 bits per heavy atom. The molecular formula is C23H21N3O3. The Bertz CT molecular complexity index is 1180. The van der Waals surface area contributed by atoms with Crippen molar-refractivity contribution in [1.29, 1.82) is 0 Å². The molecule has 6 heteroatoms. The van der Waals surface area contributed by atoms with Gasteiger partial charge < -0.3 is 10.2 Å². The Morgan fingerprint density at radius 1 is 1.07 bits per heavy atom. The number of fused-ring (bicyclic) bond motifs is 1. The average molecular weight is 387 g/mol. The summed E-state index contributed by atoms with van der Waals surface area (Å²) >= 11 is 0. The lowest BCUT2D eigenvalue weighted by Crippen LogP contribution is -2.05. The first-order chi connectivity index (χ1) is 14.1. The summed E-state index contributed by atoms with van der Waals surface area (Å²) in [5, 5.41) is 24.3. The third-order valence-electron chi connectivity index (χ3n) is 4.98. The SMILES string of the molecule is CCCc1nc2ccnn2c(O)c1Cc1ccc(-c2ccccc2C(=O)O)cc1. The molecule has 2 aromatic carbocycles. The molecule has 2 aromatic heterocycles. The molecule has 0 saturated heterocycles. The molecule has 0 amide bonds. The number of rotatable bonds is 6. The number of hydrogen-bond acceptors (Lipinski definition) is 4. The van der Waals surface area contributed by atoms with Crippen LogP contribution in [0.1, 0.15) is 40.5 Å². The fourth-order valence-electron chi connectivity index (χ4n) is 3.56. The van der Waals surface area contributed by atoms with Gasteiger partial charge in [0.1, 0.15) is 0 Å². The summed E-state index contributed by atoms with van der Waals surface area (Å²) in [4.78, 5) is 16.1. The molecule has 0 atom stereocenters. The van der Waals surface area contributed by atoms with Gasteiger partial charge in [-0.25, -0.2) is 9.78 Å². The smallest absolute Gasteiger partial charge is 0.336 e. The molecule has 0 spiro atoms. The number of carboxylic acid groups (broad SMARTS) is 1. The van der Waals surface area contributed by atoms with E-state index in [0.717, 1.165) is 35.2 Å². The maximum atomic E-state index is 11.5. The number of aromatic carboxylic acids is 1. The molecule has 0 fully saturated rings. The molecule has 2 N–H and O–H groups in total. The Kier molecular flexibility index (Phi) is 4.99. The number of carbonyl (C=O) groups is 1. The molecule has 6 nitrogen and oxygen atoms in total. The van der Waals surface area contributed by atoms with Crippen molar-refractivity contribution in [2.24, 2.45) is 0 Å². The largest absolute Gasteiger partial charge is 0.493 e. The minimum absolute atomic E-state index is 0.115. The number of aromatic nitrogens is 3. The van der Waals surface area contributed by atoms with Gasteiger partial charge in [-0.05, 0) is 29.2 Å². The number of aromatic hydroxyl groups is 1. The van der Waals surface area contributed by atoms with Crippen molar-refractivity contribution < 1.29 is 15.0 Å². The second-order valence-corrected chi connectivity index (χ2v) is 6.94. The van der Waals surface area contributed by atoms with Crippen LogP contribution < -0.4 is 0 Å². The Balaban J connectivity index is 1.69. The van der Waals surface area contributed by atoms with Gasteiger partial charge in [0.2, 0.25) is 5.88 Å². The molecule has 0 radical (unpaired) electrons. The fraction of sp³-hybridized carbons (Fsp3) is 0.174. The molecule has 4 rings (SSSR count). The van der Waals surface area contributed by atoms with E-state index in [0.29, 0.717) is 17.6 Å². The van der Waals surface area contributed by atoms with Gasteiger partial charge in [0, 0.05) is 18.1 Å². The van der Waals surface area contributed by atoms with Crippen LogP contribution >= 0.6 is 0 Å². The number of nitrogens with zero attached hydrogens (tertiary/aromatic N) is 3. The zero-order valence-corrected chi connectivity index (χ0v) is 16.0. The molecule has 0 aliphatic heterocycles. The van der Waals surface area contributed by atoms with Crippen LogP contribution in [0.5, 0.6) is 5.88 Å². The van der Waals surface area contributed by atoms with E-state index in [1.165, 1.54) is 4.52 Å². The minimum Gasteiger partial charge on any atom is -0.493 e. The molecular weight excluding hydrogens is 366 g/mol. The van der Waals surface area contributed by atoms with Crippen LogP contribution in [0.2, 0.25) is 0 Å². The van der Waals surface area contributed by atoms with Crippen LogP contribution in [0.3, 0.4) is 0 Å². The first-order valence-corrected chi connectivity index (χ1v) is 9.54. The third-order valence-corrected chi connectivity index (χ3v) is 4.98. The van der Waals surface area contributed by atoms with Gasteiger partial charge in [0.25, 0.3) is 0 Å². The maximum absolute atomic E-state index is 11.5. The molecule has 0 aliphatic carbocycles. The quantitative estimate of drug-likeness (QED) is 0.514. The summed E-state index contributed by atoms with van der Waals surface area (Å²) in [6, 6.07) is 16.5. The van der Waals surface area contributed by atoms with Gasteiger partial charge in [0.05, 0.1) is 17.5 Å². The number of hydrogen-bond donors (Lipinski definition) is 2. The number of carboxylic acids is 1. The van der Waals surface area contributed by atoms with E-state index in [2.05, 4.69) is 17.0 Å². The predicted octanol–water partition coefficient (Wildman–Crippen LogP) is 4.34. The van der Waals surface area contributed by atoms with Crippen molar-refractivity contribution in [1.82, 2.24) is 14.6 Å². The second kappa shape index (κ2) is 7.75. The van der Waals surface area contributed by atoms with Gasteiger partial charge >= 0.3 is 5.97 Å². The van der Waals surface area contributed by atoms with Crippen molar-refractivity contribution >= 4 is 11.6 Å². The minimum atomic E-state index is -0.947. The highest BCUT2D eigenvalue weighted by molar-refractivity contribution is 5.96. The van der Waals surface area contributed by atoms with Crippen LogP contribution in [-0.2, 0) is 12.8 Å². The number of benzene rings is 2. The second-order valence-electron chi connectivity index (χ2n) is 6.94. The third kappa shape index (κ3) is 3.57. The van der Waals surface area contributed by atoms with Gasteiger partial charge in [-0.2, -0.15) is 9.61 Å². The Hall–Kier alpha value is -3.67. The van der Waals surface area contributed by atoms with E-state index >= 15 is 0 Å². The van der Waals surface area contributed by atoms with E-state index in [-0.39, 0.29) is 11.4 Å². The average Bonchev–Trinajstić information content (AvgIpc) is 3.20. The summed E-state index contributed by atoms with van der Waals surface area (Å²) < 4.78 is 1.45. The van der Waals surface area contributed by atoms with Crippen LogP contribution in [0.15, 0.2) is 60.8 Å². The molecule has 2 heterocycles. The molecule has 29 heavy (non-hydrogen) atoms. The summed E-state index contributed by atoms with van der Waals surface area (Å²) in [6.45, 7) is 2.08. The van der Waals surface area contributed by atoms with Crippen LogP contribution in [-0.4, -0.2) is 30.8 Å². The summed E-state index contributed by atoms with van der Waals surface area (Å²) in [6.07, 6.45) is 3.84. The molecule has 4 aromatic rings. The molecule has 0 unspecified atom stereocenters. The Labute approximate surface area is 168 Å². The first-order valence-electron chi connectivity index (χ1n) is 9.54. The molecule has 0 saturated carbocycles. The molecule has 0 aliphatic rings. The van der Waals surface area contributed by atoms with Crippen molar-refractivity contribution in [2.75, 3.05) is 0 Å². The molecule has 146 valence electrons. The zero-order chi connectivity index (χ0) is 20.4. The van der Waals surface area contributed by atoms with Crippen molar-refractivity contribution in [3.8, 4) is 17.0 Å². The van der Waals surface area contributed by atoms with Gasteiger partial charge in [-0.3, -0.25) is 0 Å². The lowest BCUT2D eigenvalue weighted by Gasteiger charge is -2.12. The zero-order valence-electron chi connectivity index (χ0n) is 16.0. The summed E-state index contributed by atoms with van der Waals surface area (Å²) in [5.41, 5.74) is 5.07. The van der Waals surface area contributed by atoms with E-state index in [1.807, 2.05) is 30.3 Å². The topological polar surface area (TPSA) is 87.7 Å². The van der Waals surface area contributed by atoms with Crippen LogP contribution in [0.25, 0.3) is 16.8 Å². The normalized spacial score (nSPS) is 11.1. The highest BCUT2D eigenvalue weighted by Crippen LogP contribution is 2.28. The summed E-state index contributed by atoms with van der Waals surface area (Å²) in [5.74, 6) is -0.832. The highest BCUT2D eigenvalue weighted by atomic mass is 16.4. The lowest BCUT2D eigenvalue weighted by molar-refractivity contribution is 0.0697. The van der Waals surface area contributed by atoms with E-state index in [4.69, 9.17) is 0 Å². The fourth-order valence-corrected chi connectivity index (χ4v) is 3.56. The van der Waals surface area contributed by atoms with Gasteiger partial charge in [-0.1, -0.05) is 55.8 Å². The predicted molar refractivity (Wildman–Crippen MR) is 110 cm³/mol.